The van der Waals surface area contributed by atoms with Gasteiger partial charge in [0.1, 0.15) is 0 Å². The summed E-state index contributed by atoms with van der Waals surface area (Å²) in [5.74, 6) is 0.729. The van der Waals surface area contributed by atoms with Gasteiger partial charge in [0.05, 0.1) is 12.7 Å². The van der Waals surface area contributed by atoms with Gasteiger partial charge in [-0.3, -0.25) is 5.43 Å². The lowest BCUT2D eigenvalue weighted by Crippen LogP contribution is -2.52. The molecule has 1 unspecified atom stereocenters. The molecular formula is C14H31N3O2. The molecule has 0 bridgehead atoms. The third-order valence-electron chi connectivity index (χ3n) is 3.43. The second kappa shape index (κ2) is 9.66. The van der Waals surface area contributed by atoms with Gasteiger partial charge in [0.25, 0.3) is 0 Å². The maximum absolute atomic E-state index is 9.82. The van der Waals surface area contributed by atoms with Gasteiger partial charge in [-0.15, -0.1) is 0 Å². The van der Waals surface area contributed by atoms with Crippen LogP contribution in [0.3, 0.4) is 0 Å². The number of hydrogen-bond acceptors (Lipinski definition) is 5. The Bertz CT molecular complexity index is 219. The van der Waals surface area contributed by atoms with E-state index in [1.54, 1.807) is 0 Å². The third-order valence-corrected chi connectivity index (χ3v) is 3.43. The molecule has 1 aliphatic rings. The highest BCUT2D eigenvalue weighted by molar-refractivity contribution is 4.67. The van der Waals surface area contributed by atoms with Crippen LogP contribution in [0, 0.1) is 5.92 Å². The minimum absolute atomic E-state index is 0.418. The molecule has 0 radical (unpaired) electrons. The fraction of sp³-hybridized carbons (Fsp3) is 1.00. The normalized spacial score (nSPS) is 20.1. The van der Waals surface area contributed by atoms with E-state index in [1.807, 2.05) is 0 Å². The van der Waals surface area contributed by atoms with Gasteiger partial charge in [0.2, 0.25) is 0 Å². The van der Waals surface area contributed by atoms with Crippen LogP contribution in [0.25, 0.3) is 0 Å². The minimum Gasteiger partial charge on any atom is -0.389 e. The summed E-state index contributed by atoms with van der Waals surface area (Å²) in [5, 5.41) is 12.0. The molecule has 5 heteroatoms. The van der Waals surface area contributed by atoms with Crippen molar-refractivity contribution in [2.45, 2.75) is 32.8 Å². The number of hydrazine groups is 1. The van der Waals surface area contributed by atoms with E-state index in [0.29, 0.717) is 13.2 Å². The average Bonchev–Trinajstić information content (AvgIpc) is 2.37. The van der Waals surface area contributed by atoms with Crippen LogP contribution >= 0.6 is 0 Å². The van der Waals surface area contributed by atoms with Crippen molar-refractivity contribution >= 4 is 0 Å². The number of piperazine rings is 1. The second-order valence-electron chi connectivity index (χ2n) is 5.92. The van der Waals surface area contributed by atoms with Gasteiger partial charge in [0.15, 0.2) is 0 Å². The van der Waals surface area contributed by atoms with Crippen molar-refractivity contribution in [3.05, 3.63) is 0 Å². The van der Waals surface area contributed by atoms with E-state index in [9.17, 15) is 5.11 Å². The van der Waals surface area contributed by atoms with E-state index in [2.05, 4.69) is 36.2 Å². The monoisotopic (exact) mass is 273 g/mol. The highest BCUT2D eigenvalue weighted by Gasteiger charge is 2.14. The Morgan fingerprint density at radius 3 is 2.53 bits per heavy atom. The predicted octanol–water partition coefficient (Wildman–Crippen LogP) is 0.552. The molecule has 0 aromatic heterocycles. The predicted molar refractivity (Wildman–Crippen MR) is 78.0 cm³/mol. The molecule has 1 heterocycles. The van der Waals surface area contributed by atoms with Crippen LogP contribution in [0.4, 0.5) is 0 Å². The van der Waals surface area contributed by atoms with Crippen molar-refractivity contribution in [1.82, 2.24) is 15.3 Å². The Labute approximate surface area is 117 Å². The Balaban J connectivity index is 1.94. The quantitative estimate of drug-likeness (QED) is 0.601. The summed E-state index contributed by atoms with van der Waals surface area (Å²) in [6.07, 6.45) is 1.85. The molecule has 1 fully saturated rings. The van der Waals surface area contributed by atoms with E-state index in [0.717, 1.165) is 45.1 Å². The SMILES string of the molecule is CC(C)CCCOCC(O)CNN1CCN(C)CC1. The smallest absolute Gasteiger partial charge is 0.0911 e. The van der Waals surface area contributed by atoms with E-state index >= 15 is 0 Å². The molecule has 114 valence electrons. The first-order valence-electron chi connectivity index (χ1n) is 7.50. The molecule has 2 N–H and O–H groups in total. The van der Waals surface area contributed by atoms with Gasteiger partial charge in [0, 0.05) is 39.3 Å². The number of hydrogen-bond donors (Lipinski definition) is 2. The van der Waals surface area contributed by atoms with Crippen LogP contribution in [0.1, 0.15) is 26.7 Å². The summed E-state index contributed by atoms with van der Waals surface area (Å²) in [5.41, 5.74) is 3.28. The third kappa shape index (κ3) is 8.55. The molecular weight excluding hydrogens is 242 g/mol. The van der Waals surface area contributed by atoms with Crippen LogP contribution in [0.2, 0.25) is 0 Å². The van der Waals surface area contributed by atoms with Crippen molar-refractivity contribution in [2.24, 2.45) is 5.92 Å². The minimum atomic E-state index is -0.418. The van der Waals surface area contributed by atoms with Crippen molar-refractivity contribution in [1.29, 1.82) is 0 Å². The Hall–Kier alpha value is -0.200. The van der Waals surface area contributed by atoms with Crippen LogP contribution in [0.15, 0.2) is 0 Å². The summed E-state index contributed by atoms with van der Waals surface area (Å²) in [6.45, 7) is 10.4. The molecule has 1 atom stereocenters. The molecule has 19 heavy (non-hydrogen) atoms. The topological polar surface area (TPSA) is 48.0 Å². The molecule has 5 nitrogen and oxygen atoms in total. The fourth-order valence-electron chi connectivity index (χ4n) is 2.07. The maximum atomic E-state index is 9.82. The van der Waals surface area contributed by atoms with Gasteiger partial charge in [-0.05, 0) is 25.8 Å². The molecule has 0 aromatic rings. The first-order valence-corrected chi connectivity index (χ1v) is 7.50. The van der Waals surface area contributed by atoms with E-state index in [4.69, 9.17) is 4.74 Å². The van der Waals surface area contributed by atoms with Crippen molar-refractivity contribution < 1.29 is 9.84 Å². The first-order chi connectivity index (χ1) is 9.08. The van der Waals surface area contributed by atoms with Gasteiger partial charge in [-0.2, -0.15) is 0 Å². The van der Waals surface area contributed by atoms with Gasteiger partial charge < -0.3 is 14.7 Å². The number of aliphatic hydroxyl groups is 1. The largest absolute Gasteiger partial charge is 0.389 e. The zero-order valence-electron chi connectivity index (χ0n) is 12.8. The zero-order valence-corrected chi connectivity index (χ0v) is 12.8. The van der Waals surface area contributed by atoms with Crippen LogP contribution in [-0.4, -0.2) is 74.1 Å². The van der Waals surface area contributed by atoms with E-state index in [1.165, 1.54) is 6.42 Å². The number of nitrogens with one attached hydrogen (secondary N) is 1. The molecule has 0 aromatic carbocycles. The fourth-order valence-corrected chi connectivity index (χ4v) is 2.07. The molecule has 1 rings (SSSR count). The Morgan fingerprint density at radius 2 is 1.89 bits per heavy atom. The maximum Gasteiger partial charge on any atom is 0.0911 e. The standard InChI is InChI=1S/C14H31N3O2/c1-13(2)5-4-10-19-12-14(18)11-15-17-8-6-16(3)7-9-17/h13-15,18H,4-12H2,1-3H3. The van der Waals surface area contributed by atoms with Crippen molar-refractivity contribution in [3.63, 3.8) is 0 Å². The Kier molecular flexibility index (Phi) is 8.57. The highest BCUT2D eigenvalue weighted by Crippen LogP contribution is 2.03. The van der Waals surface area contributed by atoms with Crippen molar-refractivity contribution in [2.75, 3.05) is 53.0 Å². The number of likely N-dealkylation sites (N-methyl/N-ethyl adjacent to an activating group) is 1. The number of ether oxygens (including phenoxy) is 1. The lowest BCUT2D eigenvalue weighted by atomic mass is 10.1. The Morgan fingerprint density at radius 1 is 1.21 bits per heavy atom. The lowest BCUT2D eigenvalue weighted by molar-refractivity contribution is 0.0157. The molecule has 1 aliphatic heterocycles. The molecule has 1 saturated heterocycles. The molecule has 0 saturated carbocycles. The second-order valence-corrected chi connectivity index (χ2v) is 5.92. The van der Waals surface area contributed by atoms with Gasteiger partial charge >= 0.3 is 0 Å². The van der Waals surface area contributed by atoms with E-state index < -0.39 is 6.10 Å². The number of nitrogens with zero attached hydrogens (tertiary/aromatic N) is 2. The molecule has 0 amide bonds. The van der Waals surface area contributed by atoms with Crippen LogP contribution in [-0.2, 0) is 4.74 Å². The summed E-state index contributed by atoms with van der Waals surface area (Å²) >= 11 is 0. The summed E-state index contributed by atoms with van der Waals surface area (Å²) in [7, 11) is 2.14. The number of aliphatic hydroxyl groups excluding tert-OH is 1. The summed E-state index contributed by atoms with van der Waals surface area (Å²) in [6, 6.07) is 0. The summed E-state index contributed by atoms with van der Waals surface area (Å²) in [4.78, 5) is 2.31. The van der Waals surface area contributed by atoms with Crippen LogP contribution < -0.4 is 5.43 Å². The van der Waals surface area contributed by atoms with E-state index in [-0.39, 0.29) is 0 Å². The van der Waals surface area contributed by atoms with Crippen LogP contribution in [0.5, 0.6) is 0 Å². The molecule has 0 aliphatic carbocycles. The summed E-state index contributed by atoms with van der Waals surface area (Å²) < 4.78 is 5.49. The number of rotatable bonds is 9. The van der Waals surface area contributed by atoms with Gasteiger partial charge in [-0.1, -0.05) is 13.8 Å². The average molecular weight is 273 g/mol. The first kappa shape index (κ1) is 16.9. The molecule has 0 spiro atoms. The lowest BCUT2D eigenvalue weighted by Gasteiger charge is -2.33. The van der Waals surface area contributed by atoms with Crippen molar-refractivity contribution in [3.8, 4) is 0 Å². The zero-order chi connectivity index (χ0) is 14.1. The highest BCUT2D eigenvalue weighted by atomic mass is 16.5. The van der Waals surface area contributed by atoms with Gasteiger partial charge in [-0.25, -0.2) is 5.01 Å².